The van der Waals surface area contributed by atoms with E-state index >= 15 is 0 Å². The van der Waals surface area contributed by atoms with Gasteiger partial charge in [-0.25, -0.2) is 9.18 Å². The molecule has 0 saturated heterocycles. The Morgan fingerprint density at radius 2 is 1.90 bits per heavy atom. The van der Waals surface area contributed by atoms with Crippen molar-refractivity contribution in [2.24, 2.45) is 5.41 Å². The molecule has 0 radical (unpaired) electrons. The summed E-state index contributed by atoms with van der Waals surface area (Å²) >= 11 is 0. The zero-order chi connectivity index (χ0) is 15.0. The number of hydrogen-bond acceptors (Lipinski definition) is 2. The number of rotatable bonds is 3. The minimum atomic E-state index is -1.04. The van der Waals surface area contributed by atoms with Crippen LogP contribution < -0.4 is 5.32 Å². The number of benzene rings is 1. The van der Waals surface area contributed by atoms with Crippen molar-refractivity contribution < 1.29 is 14.3 Å². The lowest BCUT2D eigenvalue weighted by molar-refractivity contribution is -0.148. The molecule has 0 amide bonds. The molecule has 0 aromatic heterocycles. The highest BCUT2D eigenvalue weighted by Crippen LogP contribution is 2.46. The second kappa shape index (κ2) is 5.08. The number of hydrogen-bond donors (Lipinski definition) is 2. The van der Waals surface area contributed by atoms with Crippen LogP contribution in [0.4, 0.5) is 10.1 Å². The third kappa shape index (κ3) is 2.51. The second-order valence-corrected chi connectivity index (χ2v) is 6.44. The Morgan fingerprint density at radius 3 is 2.45 bits per heavy atom. The summed E-state index contributed by atoms with van der Waals surface area (Å²) in [7, 11) is 0. The second-order valence-electron chi connectivity index (χ2n) is 6.44. The summed E-state index contributed by atoms with van der Waals surface area (Å²) < 4.78 is 13.5. The van der Waals surface area contributed by atoms with Gasteiger partial charge in [-0.15, -0.1) is 0 Å². The molecule has 1 aromatic rings. The molecule has 1 aromatic carbocycles. The van der Waals surface area contributed by atoms with Crippen LogP contribution in [0.25, 0.3) is 0 Å². The van der Waals surface area contributed by atoms with Gasteiger partial charge in [0.15, 0.2) is 0 Å². The van der Waals surface area contributed by atoms with Gasteiger partial charge in [-0.3, -0.25) is 0 Å². The van der Waals surface area contributed by atoms with Crippen molar-refractivity contribution in [2.75, 3.05) is 5.32 Å². The van der Waals surface area contributed by atoms with Gasteiger partial charge >= 0.3 is 5.97 Å². The van der Waals surface area contributed by atoms with Gasteiger partial charge in [0, 0.05) is 5.69 Å². The van der Waals surface area contributed by atoms with Gasteiger partial charge in [0.05, 0.1) is 0 Å². The quantitative estimate of drug-likeness (QED) is 0.880. The third-order valence-electron chi connectivity index (χ3n) is 4.52. The Labute approximate surface area is 119 Å². The Morgan fingerprint density at radius 1 is 1.25 bits per heavy atom. The lowest BCUT2D eigenvalue weighted by Gasteiger charge is -2.48. The van der Waals surface area contributed by atoms with E-state index in [4.69, 9.17) is 0 Å². The molecule has 0 bridgehead atoms. The molecular formula is C16H22FNO2. The molecule has 1 saturated carbocycles. The van der Waals surface area contributed by atoms with Crippen molar-refractivity contribution in [1.29, 1.82) is 0 Å². The molecule has 1 unspecified atom stereocenters. The molecule has 0 heterocycles. The minimum absolute atomic E-state index is 0.346. The number of carboxylic acids is 1. The van der Waals surface area contributed by atoms with E-state index in [1.165, 1.54) is 12.1 Å². The van der Waals surface area contributed by atoms with Crippen LogP contribution in [0, 0.1) is 18.2 Å². The van der Waals surface area contributed by atoms with E-state index in [1.54, 1.807) is 13.0 Å². The lowest BCUT2D eigenvalue weighted by Crippen LogP contribution is -2.59. The summed E-state index contributed by atoms with van der Waals surface area (Å²) in [6.45, 7) is 5.74. The van der Waals surface area contributed by atoms with E-state index in [2.05, 4.69) is 5.32 Å². The zero-order valence-electron chi connectivity index (χ0n) is 12.3. The number of carbonyl (C=O) groups is 1. The van der Waals surface area contributed by atoms with Crippen LogP contribution in [0.15, 0.2) is 18.2 Å². The molecule has 4 heteroatoms. The van der Waals surface area contributed by atoms with Crippen LogP contribution in [-0.2, 0) is 4.79 Å². The fraction of sp³-hybridized carbons (Fsp3) is 0.562. The summed E-state index contributed by atoms with van der Waals surface area (Å²) in [6, 6.07) is 4.59. The van der Waals surface area contributed by atoms with Crippen molar-refractivity contribution in [2.45, 2.75) is 52.0 Å². The Kier molecular flexibility index (Phi) is 3.76. The average Bonchev–Trinajstić information content (AvgIpc) is 2.30. The first-order chi connectivity index (χ1) is 9.27. The van der Waals surface area contributed by atoms with Gasteiger partial charge in [0.1, 0.15) is 11.4 Å². The Balaban J connectivity index is 2.41. The average molecular weight is 279 g/mol. The highest BCUT2D eigenvalue weighted by Gasteiger charge is 2.52. The van der Waals surface area contributed by atoms with E-state index in [9.17, 15) is 14.3 Å². The fourth-order valence-corrected chi connectivity index (χ4v) is 3.25. The number of aryl methyl sites for hydroxylation is 1. The van der Waals surface area contributed by atoms with Crippen LogP contribution in [0.2, 0.25) is 0 Å². The number of anilines is 1. The predicted octanol–water partition coefficient (Wildman–Crippen LogP) is 3.97. The summed E-state index contributed by atoms with van der Waals surface area (Å²) in [5.74, 6) is -1.20. The van der Waals surface area contributed by atoms with Crippen molar-refractivity contribution in [1.82, 2.24) is 0 Å². The maximum Gasteiger partial charge on any atom is 0.329 e. The molecule has 1 fully saturated rings. The minimum Gasteiger partial charge on any atom is -0.479 e. The van der Waals surface area contributed by atoms with Gasteiger partial charge < -0.3 is 10.4 Å². The van der Waals surface area contributed by atoms with Crippen LogP contribution in [0.5, 0.6) is 0 Å². The predicted molar refractivity (Wildman–Crippen MR) is 77.4 cm³/mol. The zero-order valence-corrected chi connectivity index (χ0v) is 12.3. The lowest BCUT2D eigenvalue weighted by atomic mass is 9.63. The third-order valence-corrected chi connectivity index (χ3v) is 4.52. The van der Waals surface area contributed by atoms with Gasteiger partial charge in [-0.05, 0) is 48.9 Å². The highest BCUT2D eigenvalue weighted by atomic mass is 19.1. The monoisotopic (exact) mass is 279 g/mol. The maximum absolute atomic E-state index is 13.5. The van der Waals surface area contributed by atoms with E-state index in [1.807, 2.05) is 13.8 Å². The summed E-state index contributed by atoms with van der Waals surface area (Å²) in [5, 5.41) is 12.9. The molecule has 110 valence electrons. The molecule has 0 spiro atoms. The molecule has 1 atom stereocenters. The molecular weight excluding hydrogens is 257 g/mol. The molecule has 1 aliphatic carbocycles. The van der Waals surface area contributed by atoms with E-state index in [0.29, 0.717) is 12.1 Å². The smallest absolute Gasteiger partial charge is 0.329 e. The molecule has 2 rings (SSSR count). The number of halogens is 1. The summed E-state index contributed by atoms with van der Waals surface area (Å²) in [5.41, 5.74) is -0.0930. The van der Waals surface area contributed by atoms with Gasteiger partial charge in [0.25, 0.3) is 0 Å². The summed E-state index contributed by atoms with van der Waals surface area (Å²) in [6.07, 6.45) is 3.31. The van der Waals surface area contributed by atoms with E-state index in [-0.39, 0.29) is 11.2 Å². The van der Waals surface area contributed by atoms with Gasteiger partial charge in [-0.2, -0.15) is 0 Å². The fourth-order valence-electron chi connectivity index (χ4n) is 3.25. The standard InChI is InChI=1S/C16H22FNO2/c1-11-8-12(17)10-13(9-11)18-16(14(19)20)7-5-4-6-15(16,2)3/h8-10,18H,4-7H2,1-3H3,(H,19,20). The van der Waals surface area contributed by atoms with Crippen LogP contribution >= 0.6 is 0 Å². The molecule has 0 aliphatic heterocycles. The van der Waals surface area contributed by atoms with Crippen LogP contribution in [0.1, 0.15) is 45.1 Å². The Hall–Kier alpha value is -1.58. The summed E-state index contributed by atoms with van der Waals surface area (Å²) in [4.78, 5) is 11.9. The number of aliphatic carboxylic acids is 1. The van der Waals surface area contributed by atoms with Crippen molar-refractivity contribution in [3.05, 3.63) is 29.6 Å². The molecule has 3 nitrogen and oxygen atoms in total. The first-order valence-corrected chi connectivity index (χ1v) is 7.06. The normalized spacial score (nSPS) is 25.2. The van der Waals surface area contributed by atoms with Crippen LogP contribution in [0.3, 0.4) is 0 Å². The van der Waals surface area contributed by atoms with Crippen molar-refractivity contribution in [3.63, 3.8) is 0 Å². The first kappa shape index (κ1) is 14.8. The molecule has 20 heavy (non-hydrogen) atoms. The van der Waals surface area contributed by atoms with E-state index in [0.717, 1.165) is 24.8 Å². The van der Waals surface area contributed by atoms with Crippen molar-refractivity contribution >= 4 is 11.7 Å². The number of nitrogens with one attached hydrogen (secondary N) is 1. The maximum atomic E-state index is 13.5. The Bertz CT molecular complexity index is 507. The molecule has 2 N–H and O–H groups in total. The van der Waals surface area contributed by atoms with Crippen molar-refractivity contribution in [3.8, 4) is 0 Å². The molecule has 1 aliphatic rings. The first-order valence-electron chi connectivity index (χ1n) is 7.06. The van der Waals surface area contributed by atoms with Crippen LogP contribution in [-0.4, -0.2) is 16.6 Å². The SMILES string of the molecule is Cc1cc(F)cc(NC2(C(=O)O)CCCCC2(C)C)c1. The largest absolute Gasteiger partial charge is 0.479 e. The van der Waals surface area contributed by atoms with Gasteiger partial charge in [0.2, 0.25) is 0 Å². The highest BCUT2D eigenvalue weighted by molar-refractivity contribution is 5.84. The number of carboxylic acid groups (broad SMARTS) is 1. The topological polar surface area (TPSA) is 49.3 Å². The van der Waals surface area contributed by atoms with Gasteiger partial charge in [-0.1, -0.05) is 26.7 Å². The van der Waals surface area contributed by atoms with E-state index < -0.39 is 11.5 Å².